The summed E-state index contributed by atoms with van der Waals surface area (Å²) in [6, 6.07) is 2.37. The van der Waals surface area contributed by atoms with Gasteiger partial charge in [0.1, 0.15) is 16.5 Å². The first-order chi connectivity index (χ1) is 8.18. The summed E-state index contributed by atoms with van der Waals surface area (Å²) in [5.74, 6) is -1.91. The van der Waals surface area contributed by atoms with Crippen molar-refractivity contribution in [1.29, 1.82) is 0 Å². The molecule has 0 bridgehead atoms. The molecule has 0 saturated heterocycles. The van der Waals surface area contributed by atoms with Crippen LogP contribution in [0.25, 0.3) is 0 Å². The molecule has 0 saturated carbocycles. The molecule has 102 valence electrons. The lowest BCUT2D eigenvalue weighted by atomic mass is 9.98. The fraction of sp³-hybridized carbons (Fsp3) is 0.455. The predicted octanol–water partition coefficient (Wildman–Crippen LogP) is 2.66. The van der Waals surface area contributed by atoms with Crippen molar-refractivity contribution in [3.63, 3.8) is 0 Å². The van der Waals surface area contributed by atoms with Crippen LogP contribution in [-0.4, -0.2) is 20.3 Å². The quantitative estimate of drug-likeness (QED) is 0.837. The molecule has 0 fully saturated rings. The van der Waals surface area contributed by atoms with E-state index in [0.29, 0.717) is 11.4 Å². The number of hydrogen-bond donors (Lipinski definition) is 1. The maximum atomic E-state index is 13.4. The molecule has 0 aliphatic heterocycles. The van der Waals surface area contributed by atoms with E-state index in [9.17, 15) is 17.2 Å². The van der Waals surface area contributed by atoms with Gasteiger partial charge in [-0.2, -0.15) is 0 Å². The van der Waals surface area contributed by atoms with E-state index in [4.69, 9.17) is 0 Å². The first-order valence-electron chi connectivity index (χ1n) is 5.19. The van der Waals surface area contributed by atoms with Crippen molar-refractivity contribution in [3.05, 3.63) is 29.8 Å². The van der Waals surface area contributed by atoms with Crippen LogP contribution in [0.1, 0.15) is 13.8 Å². The SMILES string of the molecule is CC(C)(CBr)CNS(=O)(=O)c1ccc(F)cc1F. The summed E-state index contributed by atoms with van der Waals surface area (Å²) in [5, 5.41) is 0.592. The van der Waals surface area contributed by atoms with E-state index >= 15 is 0 Å². The maximum Gasteiger partial charge on any atom is 0.243 e. The fourth-order valence-electron chi connectivity index (χ4n) is 1.11. The summed E-state index contributed by atoms with van der Waals surface area (Å²) in [4.78, 5) is -0.547. The highest BCUT2D eigenvalue weighted by Gasteiger charge is 2.23. The Morgan fingerprint density at radius 3 is 2.44 bits per heavy atom. The molecule has 0 aromatic heterocycles. The van der Waals surface area contributed by atoms with Gasteiger partial charge in [0.05, 0.1) is 0 Å². The normalized spacial score (nSPS) is 12.7. The van der Waals surface area contributed by atoms with Crippen molar-refractivity contribution >= 4 is 26.0 Å². The largest absolute Gasteiger partial charge is 0.243 e. The summed E-state index contributed by atoms with van der Waals surface area (Å²) in [5.41, 5.74) is -0.302. The summed E-state index contributed by atoms with van der Waals surface area (Å²) in [6.07, 6.45) is 0. The van der Waals surface area contributed by atoms with Crippen molar-refractivity contribution < 1.29 is 17.2 Å². The van der Waals surface area contributed by atoms with Crippen molar-refractivity contribution in [2.24, 2.45) is 5.41 Å². The van der Waals surface area contributed by atoms with Crippen LogP contribution in [0.2, 0.25) is 0 Å². The fourth-order valence-corrected chi connectivity index (χ4v) is 2.61. The van der Waals surface area contributed by atoms with E-state index in [-0.39, 0.29) is 12.0 Å². The smallest absolute Gasteiger partial charge is 0.210 e. The number of halogens is 3. The zero-order valence-electron chi connectivity index (χ0n) is 10.0. The highest BCUT2D eigenvalue weighted by atomic mass is 79.9. The molecule has 0 atom stereocenters. The second-order valence-electron chi connectivity index (χ2n) is 4.70. The third-order valence-electron chi connectivity index (χ3n) is 2.29. The van der Waals surface area contributed by atoms with E-state index in [0.717, 1.165) is 12.1 Å². The maximum absolute atomic E-state index is 13.4. The second kappa shape index (κ2) is 5.63. The third-order valence-corrected chi connectivity index (χ3v) is 5.24. The van der Waals surface area contributed by atoms with Gasteiger partial charge in [-0.15, -0.1) is 0 Å². The predicted molar refractivity (Wildman–Crippen MR) is 69.1 cm³/mol. The minimum atomic E-state index is -3.96. The van der Waals surface area contributed by atoms with Gasteiger partial charge in [-0.05, 0) is 17.5 Å². The molecule has 1 aromatic rings. The van der Waals surface area contributed by atoms with Gasteiger partial charge < -0.3 is 0 Å². The molecular weight excluding hydrogens is 328 g/mol. The van der Waals surface area contributed by atoms with E-state index in [2.05, 4.69) is 20.7 Å². The molecule has 0 unspecified atom stereocenters. The van der Waals surface area contributed by atoms with Gasteiger partial charge in [0.2, 0.25) is 10.0 Å². The molecule has 0 aliphatic carbocycles. The molecular formula is C11H14BrF2NO2S. The number of hydrogen-bond acceptors (Lipinski definition) is 2. The Balaban J connectivity index is 2.94. The first-order valence-corrected chi connectivity index (χ1v) is 7.79. The lowest BCUT2D eigenvalue weighted by Gasteiger charge is -2.21. The number of rotatable bonds is 5. The van der Waals surface area contributed by atoms with E-state index in [1.807, 2.05) is 13.8 Å². The van der Waals surface area contributed by atoms with Gasteiger partial charge in [0.15, 0.2) is 0 Å². The number of nitrogens with one attached hydrogen (secondary N) is 1. The molecule has 0 spiro atoms. The van der Waals surface area contributed by atoms with Crippen LogP contribution in [0.4, 0.5) is 8.78 Å². The molecule has 1 rings (SSSR count). The van der Waals surface area contributed by atoms with E-state index < -0.39 is 26.6 Å². The van der Waals surface area contributed by atoms with Crippen molar-refractivity contribution in [1.82, 2.24) is 4.72 Å². The van der Waals surface area contributed by atoms with Crippen LogP contribution in [0.3, 0.4) is 0 Å². The Morgan fingerprint density at radius 1 is 1.33 bits per heavy atom. The van der Waals surface area contributed by atoms with Crippen molar-refractivity contribution in [3.8, 4) is 0 Å². The standard InChI is InChI=1S/C11H14BrF2NO2S/c1-11(2,6-12)7-15-18(16,17)10-4-3-8(13)5-9(10)14/h3-5,15H,6-7H2,1-2H3. The van der Waals surface area contributed by atoms with E-state index in [1.165, 1.54) is 0 Å². The second-order valence-corrected chi connectivity index (χ2v) is 6.99. The van der Waals surface area contributed by atoms with E-state index in [1.54, 1.807) is 0 Å². The van der Waals surface area contributed by atoms with Crippen LogP contribution in [0.5, 0.6) is 0 Å². The Bertz CT molecular complexity index is 532. The summed E-state index contributed by atoms with van der Waals surface area (Å²) < 4.78 is 52.1. The Kier molecular flexibility index (Phi) is 4.85. The Labute approximate surface area is 114 Å². The Morgan fingerprint density at radius 2 is 1.94 bits per heavy atom. The molecule has 1 aromatic carbocycles. The van der Waals surface area contributed by atoms with Gasteiger partial charge in [-0.1, -0.05) is 29.8 Å². The van der Waals surface area contributed by atoms with Crippen LogP contribution in [0, 0.1) is 17.0 Å². The summed E-state index contributed by atoms with van der Waals surface area (Å²) in [7, 11) is -3.96. The summed E-state index contributed by atoms with van der Waals surface area (Å²) in [6.45, 7) is 3.86. The van der Waals surface area contributed by atoms with Crippen LogP contribution in [0.15, 0.2) is 23.1 Å². The molecule has 0 aliphatic rings. The van der Waals surface area contributed by atoms with Gasteiger partial charge in [-0.25, -0.2) is 21.9 Å². The number of alkyl halides is 1. The number of sulfonamides is 1. The van der Waals surface area contributed by atoms with Crippen LogP contribution >= 0.6 is 15.9 Å². The monoisotopic (exact) mass is 341 g/mol. The minimum absolute atomic E-state index is 0.150. The molecule has 0 heterocycles. The topological polar surface area (TPSA) is 46.2 Å². The molecule has 0 radical (unpaired) electrons. The molecule has 18 heavy (non-hydrogen) atoms. The van der Waals surface area contributed by atoms with Crippen LogP contribution < -0.4 is 4.72 Å². The number of benzene rings is 1. The van der Waals surface area contributed by atoms with Gasteiger partial charge in [0, 0.05) is 17.9 Å². The minimum Gasteiger partial charge on any atom is -0.210 e. The Hall–Kier alpha value is -0.530. The van der Waals surface area contributed by atoms with Crippen molar-refractivity contribution in [2.45, 2.75) is 18.7 Å². The highest BCUT2D eigenvalue weighted by molar-refractivity contribution is 9.09. The molecule has 1 N–H and O–H groups in total. The average Bonchev–Trinajstić information content (AvgIpc) is 2.26. The summed E-state index contributed by atoms with van der Waals surface area (Å²) >= 11 is 3.26. The lowest BCUT2D eigenvalue weighted by molar-refractivity contribution is 0.419. The zero-order chi connectivity index (χ0) is 14.0. The van der Waals surface area contributed by atoms with Gasteiger partial charge in [-0.3, -0.25) is 0 Å². The molecule has 0 amide bonds. The van der Waals surface area contributed by atoms with Crippen molar-refractivity contribution in [2.75, 3.05) is 11.9 Å². The highest BCUT2D eigenvalue weighted by Crippen LogP contribution is 2.19. The van der Waals surface area contributed by atoms with Crippen LogP contribution in [-0.2, 0) is 10.0 Å². The zero-order valence-corrected chi connectivity index (χ0v) is 12.4. The molecule has 3 nitrogen and oxygen atoms in total. The van der Waals surface area contributed by atoms with Gasteiger partial charge in [0.25, 0.3) is 0 Å². The third kappa shape index (κ3) is 4.00. The lowest BCUT2D eigenvalue weighted by Crippen LogP contribution is -2.35. The van der Waals surface area contributed by atoms with Gasteiger partial charge >= 0.3 is 0 Å². The first kappa shape index (κ1) is 15.5. The molecule has 7 heteroatoms. The average molecular weight is 342 g/mol.